The molecule has 5 heteroatoms. The van der Waals surface area contributed by atoms with Gasteiger partial charge in [0.15, 0.2) is 0 Å². The highest BCUT2D eigenvalue weighted by Crippen LogP contribution is 2.45. The van der Waals surface area contributed by atoms with Crippen molar-refractivity contribution in [3.8, 4) is 0 Å². The van der Waals surface area contributed by atoms with Crippen LogP contribution in [0.15, 0.2) is 18.2 Å². The predicted molar refractivity (Wildman–Crippen MR) is 93.4 cm³/mol. The Labute approximate surface area is 143 Å². The predicted octanol–water partition coefficient (Wildman–Crippen LogP) is 1.91. The van der Waals surface area contributed by atoms with Crippen LogP contribution in [0.1, 0.15) is 48.5 Å². The fourth-order valence-corrected chi connectivity index (χ4v) is 4.31. The number of likely N-dealkylation sites (tertiary alicyclic amines) is 1. The lowest BCUT2D eigenvalue weighted by molar-refractivity contribution is -0.130. The summed E-state index contributed by atoms with van der Waals surface area (Å²) in [6.07, 6.45) is 4.28. The van der Waals surface area contributed by atoms with Gasteiger partial charge in [-0.05, 0) is 49.4 Å². The summed E-state index contributed by atoms with van der Waals surface area (Å²) in [6, 6.07) is 6.43. The van der Waals surface area contributed by atoms with Gasteiger partial charge in [-0.1, -0.05) is 0 Å². The fourth-order valence-electron chi connectivity index (χ4n) is 4.31. The first-order valence-corrected chi connectivity index (χ1v) is 8.91. The topological polar surface area (TPSA) is 52.7 Å². The molecule has 0 radical (unpaired) electrons. The summed E-state index contributed by atoms with van der Waals surface area (Å²) < 4.78 is 0. The van der Waals surface area contributed by atoms with Crippen molar-refractivity contribution in [3.05, 3.63) is 29.3 Å². The molecule has 0 aromatic heterocycles. The molecule has 4 rings (SSSR count). The Hall–Kier alpha value is -2.04. The van der Waals surface area contributed by atoms with Crippen LogP contribution in [0.2, 0.25) is 0 Å². The van der Waals surface area contributed by atoms with E-state index >= 15 is 0 Å². The van der Waals surface area contributed by atoms with Crippen molar-refractivity contribution in [1.29, 1.82) is 0 Å². The Morgan fingerprint density at radius 2 is 2.04 bits per heavy atom. The van der Waals surface area contributed by atoms with Gasteiger partial charge in [-0.3, -0.25) is 9.59 Å². The smallest absolute Gasteiger partial charge is 0.251 e. The maximum Gasteiger partial charge on any atom is 0.251 e. The van der Waals surface area contributed by atoms with Gasteiger partial charge in [0.2, 0.25) is 5.91 Å². The average Bonchev–Trinajstić information content (AvgIpc) is 3.34. The molecule has 1 aromatic rings. The van der Waals surface area contributed by atoms with E-state index in [-0.39, 0.29) is 17.2 Å². The van der Waals surface area contributed by atoms with E-state index in [1.54, 1.807) is 6.92 Å². The molecule has 3 aliphatic rings. The number of carbonyl (C=O) groups excluding carboxylic acids is 2. The summed E-state index contributed by atoms with van der Waals surface area (Å²) in [5.74, 6) is 0.178. The van der Waals surface area contributed by atoms with Crippen LogP contribution < -0.4 is 10.2 Å². The molecule has 1 saturated carbocycles. The quantitative estimate of drug-likeness (QED) is 0.903. The Bertz CT molecular complexity index is 698. The van der Waals surface area contributed by atoms with Gasteiger partial charge < -0.3 is 15.1 Å². The number of anilines is 1. The van der Waals surface area contributed by atoms with Crippen LogP contribution in [0, 0.1) is 0 Å². The molecule has 2 fully saturated rings. The number of nitrogens with zero attached hydrogens (tertiary/aromatic N) is 2. The van der Waals surface area contributed by atoms with E-state index in [9.17, 15) is 9.59 Å². The second-order valence-corrected chi connectivity index (χ2v) is 7.66. The standard InChI is InChI=1S/C19H25N3O2/c1-13(23)22-9-3-8-19(12-22)11-21(2)17-7-4-14(10-16(17)19)18(24)20-15-5-6-15/h4,7,10,15H,3,5-6,8-9,11-12H2,1-2H3,(H,20,24). The van der Waals surface area contributed by atoms with Crippen molar-refractivity contribution >= 4 is 17.5 Å². The van der Waals surface area contributed by atoms with Gasteiger partial charge >= 0.3 is 0 Å². The Morgan fingerprint density at radius 1 is 1.25 bits per heavy atom. The summed E-state index contributed by atoms with van der Waals surface area (Å²) in [5.41, 5.74) is 3.14. The van der Waals surface area contributed by atoms with Gasteiger partial charge in [0.25, 0.3) is 5.91 Å². The first-order chi connectivity index (χ1) is 11.5. The Balaban J connectivity index is 1.67. The third-order valence-electron chi connectivity index (χ3n) is 5.72. The molecule has 1 aromatic carbocycles. The van der Waals surface area contributed by atoms with Crippen molar-refractivity contribution in [2.75, 3.05) is 31.6 Å². The number of benzene rings is 1. The minimum atomic E-state index is -0.0378. The molecule has 0 bridgehead atoms. The number of likely N-dealkylation sites (N-methyl/N-ethyl adjacent to an activating group) is 1. The van der Waals surface area contributed by atoms with Crippen LogP contribution in [0.4, 0.5) is 5.69 Å². The molecule has 1 N–H and O–H groups in total. The summed E-state index contributed by atoms with van der Waals surface area (Å²) in [7, 11) is 2.10. The Morgan fingerprint density at radius 3 is 2.75 bits per heavy atom. The zero-order chi connectivity index (χ0) is 16.9. The minimum absolute atomic E-state index is 0.0317. The van der Waals surface area contributed by atoms with E-state index in [0.29, 0.717) is 6.04 Å². The zero-order valence-electron chi connectivity index (χ0n) is 14.5. The summed E-state index contributed by atoms with van der Waals surface area (Å²) in [6.45, 7) is 4.17. The fraction of sp³-hybridized carbons (Fsp3) is 0.579. The average molecular weight is 327 g/mol. The summed E-state index contributed by atoms with van der Waals surface area (Å²) in [4.78, 5) is 28.5. The van der Waals surface area contributed by atoms with E-state index in [0.717, 1.165) is 50.9 Å². The molecule has 1 atom stereocenters. The first-order valence-electron chi connectivity index (χ1n) is 8.91. The van der Waals surface area contributed by atoms with E-state index in [2.05, 4.69) is 29.4 Å². The second kappa shape index (κ2) is 5.50. The number of rotatable bonds is 2. The van der Waals surface area contributed by atoms with Crippen molar-refractivity contribution in [2.45, 2.75) is 44.1 Å². The SMILES string of the molecule is CC(=O)N1CCCC2(C1)CN(C)c1ccc(C(=O)NC3CC3)cc12. The number of nitrogens with one attached hydrogen (secondary N) is 1. The number of piperidine rings is 1. The van der Waals surface area contributed by atoms with Crippen molar-refractivity contribution in [1.82, 2.24) is 10.2 Å². The molecule has 128 valence electrons. The highest BCUT2D eigenvalue weighted by atomic mass is 16.2. The normalized spacial score (nSPS) is 25.8. The lowest BCUT2D eigenvalue weighted by Gasteiger charge is -2.40. The largest absolute Gasteiger partial charge is 0.373 e. The van der Waals surface area contributed by atoms with E-state index < -0.39 is 0 Å². The van der Waals surface area contributed by atoms with Gasteiger partial charge in [-0.15, -0.1) is 0 Å². The number of hydrogen-bond donors (Lipinski definition) is 1. The summed E-state index contributed by atoms with van der Waals surface area (Å²) >= 11 is 0. The molecular weight excluding hydrogens is 302 g/mol. The van der Waals surface area contributed by atoms with Crippen LogP contribution >= 0.6 is 0 Å². The van der Waals surface area contributed by atoms with Gasteiger partial charge in [0.05, 0.1) is 0 Å². The molecule has 1 spiro atoms. The van der Waals surface area contributed by atoms with Crippen molar-refractivity contribution in [2.24, 2.45) is 0 Å². The van der Waals surface area contributed by atoms with Crippen LogP contribution in [0.25, 0.3) is 0 Å². The molecule has 24 heavy (non-hydrogen) atoms. The third kappa shape index (κ3) is 2.56. The van der Waals surface area contributed by atoms with E-state index in [1.165, 1.54) is 11.3 Å². The second-order valence-electron chi connectivity index (χ2n) is 7.66. The van der Waals surface area contributed by atoms with Crippen LogP contribution in [-0.4, -0.2) is 49.4 Å². The van der Waals surface area contributed by atoms with Gasteiger partial charge in [-0.25, -0.2) is 0 Å². The summed E-state index contributed by atoms with van der Waals surface area (Å²) in [5, 5.41) is 3.07. The van der Waals surface area contributed by atoms with Crippen LogP contribution in [0.3, 0.4) is 0 Å². The van der Waals surface area contributed by atoms with Crippen molar-refractivity contribution < 1.29 is 9.59 Å². The Kier molecular flexibility index (Phi) is 3.55. The molecule has 2 aliphatic heterocycles. The molecule has 5 nitrogen and oxygen atoms in total. The number of amides is 2. The van der Waals surface area contributed by atoms with E-state index in [1.807, 2.05) is 11.0 Å². The minimum Gasteiger partial charge on any atom is -0.373 e. The lowest BCUT2D eigenvalue weighted by Crippen LogP contribution is -2.49. The highest BCUT2D eigenvalue weighted by Gasteiger charge is 2.45. The molecule has 1 aliphatic carbocycles. The number of hydrogen-bond acceptors (Lipinski definition) is 3. The first kappa shape index (κ1) is 15.5. The zero-order valence-corrected chi connectivity index (χ0v) is 14.5. The molecule has 1 saturated heterocycles. The lowest BCUT2D eigenvalue weighted by atomic mass is 9.75. The molecular formula is C19H25N3O2. The van der Waals surface area contributed by atoms with E-state index in [4.69, 9.17) is 0 Å². The molecule has 1 unspecified atom stereocenters. The number of fused-ring (bicyclic) bond motifs is 2. The highest BCUT2D eigenvalue weighted by molar-refractivity contribution is 5.95. The van der Waals surface area contributed by atoms with Gasteiger partial charge in [0.1, 0.15) is 0 Å². The maximum absolute atomic E-state index is 12.4. The van der Waals surface area contributed by atoms with Crippen LogP contribution in [-0.2, 0) is 10.2 Å². The van der Waals surface area contributed by atoms with Crippen molar-refractivity contribution in [3.63, 3.8) is 0 Å². The van der Waals surface area contributed by atoms with Crippen LogP contribution in [0.5, 0.6) is 0 Å². The third-order valence-corrected chi connectivity index (χ3v) is 5.72. The monoisotopic (exact) mass is 327 g/mol. The number of carbonyl (C=O) groups is 2. The molecule has 2 heterocycles. The molecule has 2 amide bonds. The van der Waals surface area contributed by atoms with Gasteiger partial charge in [0, 0.05) is 56.3 Å². The maximum atomic E-state index is 12.4. The van der Waals surface area contributed by atoms with Gasteiger partial charge in [-0.2, -0.15) is 0 Å².